The summed E-state index contributed by atoms with van der Waals surface area (Å²) in [6.07, 6.45) is 2.86. The van der Waals surface area contributed by atoms with Crippen molar-refractivity contribution in [3.05, 3.63) is 34.9 Å². The summed E-state index contributed by atoms with van der Waals surface area (Å²) in [6.45, 7) is 5.90. The van der Waals surface area contributed by atoms with Crippen molar-refractivity contribution >= 4 is 5.97 Å². The summed E-state index contributed by atoms with van der Waals surface area (Å²) in [5.41, 5.74) is 3.20. The van der Waals surface area contributed by atoms with Crippen LogP contribution in [0.15, 0.2) is 18.2 Å². The lowest BCUT2D eigenvalue weighted by Crippen LogP contribution is -2.35. The molecule has 4 nitrogen and oxygen atoms in total. The van der Waals surface area contributed by atoms with E-state index < -0.39 is 0 Å². The summed E-state index contributed by atoms with van der Waals surface area (Å²) >= 11 is 0. The Morgan fingerprint density at radius 1 is 1.24 bits per heavy atom. The maximum atomic E-state index is 12.3. The Kier molecular flexibility index (Phi) is 4.27. The normalized spacial score (nSPS) is 28.8. The maximum absolute atomic E-state index is 12.3. The molecule has 2 heterocycles. The van der Waals surface area contributed by atoms with E-state index >= 15 is 0 Å². The van der Waals surface area contributed by atoms with E-state index in [0.29, 0.717) is 5.56 Å². The van der Waals surface area contributed by atoms with E-state index in [9.17, 15) is 4.79 Å². The fourth-order valence-corrected chi connectivity index (χ4v) is 3.27. The van der Waals surface area contributed by atoms with Crippen molar-refractivity contribution in [2.24, 2.45) is 0 Å². The molecule has 0 bridgehead atoms. The predicted octanol–water partition coefficient (Wildman–Crippen LogP) is 2.45. The number of nitrogens with one attached hydrogen (secondary N) is 1. The van der Waals surface area contributed by atoms with Crippen molar-refractivity contribution in [1.29, 1.82) is 0 Å². The van der Waals surface area contributed by atoms with Gasteiger partial charge in [0, 0.05) is 19.4 Å². The number of benzene rings is 1. The van der Waals surface area contributed by atoms with Crippen LogP contribution in [0, 0.1) is 0 Å². The summed E-state index contributed by atoms with van der Waals surface area (Å²) in [5.74, 6) is -0.213. The van der Waals surface area contributed by atoms with Crippen LogP contribution < -0.4 is 5.32 Å². The van der Waals surface area contributed by atoms with Crippen LogP contribution in [-0.2, 0) is 22.4 Å². The molecule has 1 saturated heterocycles. The smallest absolute Gasteiger partial charge is 0.338 e. The van der Waals surface area contributed by atoms with Crippen LogP contribution in [0.4, 0.5) is 0 Å². The van der Waals surface area contributed by atoms with Crippen molar-refractivity contribution in [3.8, 4) is 0 Å². The van der Waals surface area contributed by atoms with Gasteiger partial charge in [-0.15, -0.1) is 0 Å². The summed E-state index contributed by atoms with van der Waals surface area (Å²) in [6, 6.07) is 5.91. The van der Waals surface area contributed by atoms with E-state index in [0.717, 1.165) is 32.4 Å². The minimum atomic E-state index is -0.213. The largest absolute Gasteiger partial charge is 0.459 e. The van der Waals surface area contributed by atoms with Gasteiger partial charge in [0.25, 0.3) is 0 Å². The zero-order valence-corrected chi connectivity index (χ0v) is 12.7. The first-order valence-corrected chi connectivity index (χ1v) is 7.81. The molecule has 1 N–H and O–H groups in total. The highest BCUT2D eigenvalue weighted by atomic mass is 16.6. The van der Waals surface area contributed by atoms with Crippen LogP contribution in [0.5, 0.6) is 0 Å². The summed E-state index contributed by atoms with van der Waals surface area (Å²) < 4.78 is 11.3. The topological polar surface area (TPSA) is 47.6 Å². The first-order chi connectivity index (χ1) is 10.1. The van der Waals surface area contributed by atoms with Crippen LogP contribution in [0.2, 0.25) is 0 Å². The molecule has 0 spiro atoms. The van der Waals surface area contributed by atoms with Crippen molar-refractivity contribution in [3.63, 3.8) is 0 Å². The van der Waals surface area contributed by atoms with E-state index in [2.05, 4.69) is 11.4 Å². The fraction of sp³-hybridized carbons (Fsp3) is 0.588. The highest BCUT2D eigenvalue weighted by Crippen LogP contribution is 2.23. The molecule has 0 aromatic heterocycles. The SMILES string of the molecule is CC1CC(OC(=O)c2ccc3c(c2)CNCC3)CC(C)O1. The molecule has 0 aliphatic carbocycles. The zero-order valence-electron chi connectivity index (χ0n) is 12.7. The molecule has 2 unspecified atom stereocenters. The molecule has 114 valence electrons. The van der Waals surface area contributed by atoms with E-state index in [4.69, 9.17) is 9.47 Å². The van der Waals surface area contributed by atoms with Crippen LogP contribution >= 0.6 is 0 Å². The molecule has 2 atom stereocenters. The lowest BCUT2D eigenvalue weighted by molar-refractivity contribution is -0.0855. The van der Waals surface area contributed by atoms with Gasteiger partial charge < -0.3 is 14.8 Å². The van der Waals surface area contributed by atoms with Crippen LogP contribution in [0.25, 0.3) is 0 Å². The molecule has 1 aromatic carbocycles. The predicted molar refractivity (Wildman–Crippen MR) is 80.3 cm³/mol. The minimum Gasteiger partial charge on any atom is -0.459 e. The number of ether oxygens (including phenoxy) is 2. The Morgan fingerprint density at radius 2 is 2.00 bits per heavy atom. The maximum Gasteiger partial charge on any atom is 0.338 e. The number of esters is 1. The first-order valence-electron chi connectivity index (χ1n) is 7.81. The number of rotatable bonds is 2. The molecule has 1 fully saturated rings. The van der Waals surface area contributed by atoms with Crippen molar-refractivity contribution in [1.82, 2.24) is 5.32 Å². The van der Waals surface area contributed by atoms with Gasteiger partial charge in [-0.1, -0.05) is 6.07 Å². The van der Waals surface area contributed by atoms with E-state index in [1.807, 2.05) is 26.0 Å². The molecule has 1 aromatic rings. The number of fused-ring (bicyclic) bond motifs is 1. The Bertz CT molecular complexity index is 519. The molecule has 0 radical (unpaired) electrons. The molecule has 21 heavy (non-hydrogen) atoms. The Labute approximate surface area is 125 Å². The highest BCUT2D eigenvalue weighted by molar-refractivity contribution is 5.89. The second-order valence-electron chi connectivity index (χ2n) is 6.17. The molecule has 2 aliphatic heterocycles. The van der Waals surface area contributed by atoms with Gasteiger partial charge in [-0.2, -0.15) is 0 Å². The second-order valence-corrected chi connectivity index (χ2v) is 6.17. The molecule has 0 amide bonds. The van der Waals surface area contributed by atoms with Gasteiger partial charge >= 0.3 is 5.97 Å². The van der Waals surface area contributed by atoms with Crippen molar-refractivity contribution in [2.75, 3.05) is 6.54 Å². The molecule has 2 aliphatic rings. The summed E-state index contributed by atoms with van der Waals surface area (Å²) in [5, 5.41) is 3.33. The Morgan fingerprint density at radius 3 is 2.76 bits per heavy atom. The standard InChI is InChI=1S/C17H23NO3/c1-11-7-16(8-12(2)20-11)21-17(19)14-4-3-13-5-6-18-10-15(13)9-14/h3-4,9,11-12,16,18H,5-8,10H2,1-2H3. The fourth-order valence-electron chi connectivity index (χ4n) is 3.27. The lowest BCUT2D eigenvalue weighted by Gasteiger charge is -2.31. The number of hydrogen-bond acceptors (Lipinski definition) is 4. The van der Waals surface area contributed by atoms with Gasteiger partial charge in [-0.05, 0) is 50.1 Å². The lowest BCUT2D eigenvalue weighted by atomic mass is 9.98. The molecule has 4 heteroatoms. The zero-order chi connectivity index (χ0) is 14.8. The van der Waals surface area contributed by atoms with Crippen LogP contribution in [0.1, 0.15) is 48.2 Å². The summed E-state index contributed by atoms with van der Waals surface area (Å²) in [4.78, 5) is 12.3. The Hall–Kier alpha value is -1.39. The molecule has 3 rings (SSSR count). The third-order valence-corrected chi connectivity index (χ3v) is 4.26. The van der Waals surface area contributed by atoms with Gasteiger partial charge in [0.15, 0.2) is 0 Å². The third-order valence-electron chi connectivity index (χ3n) is 4.26. The van der Waals surface area contributed by atoms with Gasteiger partial charge in [-0.3, -0.25) is 0 Å². The number of hydrogen-bond donors (Lipinski definition) is 1. The highest BCUT2D eigenvalue weighted by Gasteiger charge is 2.27. The van der Waals surface area contributed by atoms with Crippen LogP contribution in [-0.4, -0.2) is 30.8 Å². The van der Waals surface area contributed by atoms with E-state index in [1.54, 1.807) is 0 Å². The van der Waals surface area contributed by atoms with Gasteiger partial charge in [0.1, 0.15) is 6.10 Å². The van der Waals surface area contributed by atoms with Gasteiger partial charge in [0.2, 0.25) is 0 Å². The van der Waals surface area contributed by atoms with E-state index in [1.165, 1.54) is 11.1 Å². The van der Waals surface area contributed by atoms with E-state index in [-0.39, 0.29) is 24.3 Å². The summed E-state index contributed by atoms with van der Waals surface area (Å²) in [7, 11) is 0. The Balaban J connectivity index is 1.67. The molecular formula is C17H23NO3. The van der Waals surface area contributed by atoms with Crippen LogP contribution in [0.3, 0.4) is 0 Å². The van der Waals surface area contributed by atoms with Crippen molar-refractivity contribution in [2.45, 2.75) is 58.0 Å². The minimum absolute atomic E-state index is 0.0367. The molecule has 0 saturated carbocycles. The van der Waals surface area contributed by atoms with Gasteiger partial charge in [-0.25, -0.2) is 4.79 Å². The van der Waals surface area contributed by atoms with Gasteiger partial charge in [0.05, 0.1) is 17.8 Å². The average molecular weight is 289 g/mol. The molecular weight excluding hydrogens is 266 g/mol. The monoisotopic (exact) mass is 289 g/mol. The van der Waals surface area contributed by atoms with Crippen molar-refractivity contribution < 1.29 is 14.3 Å². The number of carbonyl (C=O) groups is 1. The quantitative estimate of drug-likeness (QED) is 0.850. The number of carbonyl (C=O) groups excluding carboxylic acids is 1. The average Bonchev–Trinajstić information content (AvgIpc) is 2.45. The second kappa shape index (κ2) is 6.16. The third kappa shape index (κ3) is 3.44. The first kappa shape index (κ1) is 14.5.